The number of aromatic nitrogens is 2. The number of hydrogen-bond acceptors (Lipinski definition) is 3. The normalized spacial score (nSPS) is 16.2. The summed E-state index contributed by atoms with van der Waals surface area (Å²) in [5.74, 6) is -1.80. The quantitative estimate of drug-likeness (QED) is 0.186. The molecule has 41 heavy (non-hydrogen) atoms. The van der Waals surface area contributed by atoms with Gasteiger partial charge < -0.3 is 9.47 Å². The Labute approximate surface area is 232 Å². The van der Waals surface area contributed by atoms with Crippen molar-refractivity contribution in [2.45, 2.75) is 32.4 Å². The third kappa shape index (κ3) is 5.52. The molecule has 5 rings (SSSR count). The Kier molecular flexibility index (Phi) is 7.09. The molecule has 2 aromatic heterocycles. The summed E-state index contributed by atoms with van der Waals surface area (Å²) in [5.41, 5.74) is -3.71. The van der Waals surface area contributed by atoms with Gasteiger partial charge in [-0.1, -0.05) is 30.7 Å². The molecule has 1 aliphatic rings. The Balaban J connectivity index is 1.72. The summed E-state index contributed by atoms with van der Waals surface area (Å²) in [5, 5.41) is 0.235. The van der Waals surface area contributed by atoms with Crippen LogP contribution in [-0.2, 0) is 25.4 Å². The summed E-state index contributed by atoms with van der Waals surface area (Å²) in [6.45, 7) is 1.00. The lowest BCUT2D eigenvalue weighted by Gasteiger charge is -2.25. The number of alkyl halides is 6. The SMILES string of the molecule is C[C@H]1CN(Cc2cc(C(F)(F)F)cc(C(F)(F)F)c2)C(=O)c2c(-c3ccc(F)cc3)c3ccc(Cl)nc3c(=O)n2C1. The predicted molar refractivity (Wildman–Crippen MR) is 137 cm³/mol. The van der Waals surface area contributed by atoms with Crippen molar-refractivity contribution in [3.05, 3.63) is 98.3 Å². The topological polar surface area (TPSA) is 55.2 Å². The zero-order chi connectivity index (χ0) is 29.9. The van der Waals surface area contributed by atoms with Crippen LogP contribution >= 0.6 is 11.6 Å². The molecule has 0 spiro atoms. The van der Waals surface area contributed by atoms with Crippen molar-refractivity contribution in [3.63, 3.8) is 0 Å². The minimum atomic E-state index is -5.06. The van der Waals surface area contributed by atoms with Crippen LogP contribution in [0.25, 0.3) is 22.0 Å². The van der Waals surface area contributed by atoms with Crippen LogP contribution in [-0.4, -0.2) is 26.9 Å². The highest BCUT2D eigenvalue weighted by molar-refractivity contribution is 6.30. The van der Waals surface area contributed by atoms with Crippen LogP contribution in [0, 0.1) is 11.7 Å². The Morgan fingerprint density at radius 3 is 2.10 bits per heavy atom. The van der Waals surface area contributed by atoms with Gasteiger partial charge in [0.15, 0.2) is 0 Å². The minimum Gasteiger partial charge on any atom is -0.333 e. The number of halogens is 8. The van der Waals surface area contributed by atoms with Crippen LogP contribution in [0.15, 0.2) is 59.4 Å². The van der Waals surface area contributed by atoms with Gasteiger partial charge in [0.1, 0.15) is 22.2 Å². The molecule has 1 atom stereocenters. The largest absolute Gasteiger partial charge is 0.416 e. The van der Waals surface area contributed by atoms with Crippen molar-refractivity contribution in [1.82, 2.24) is 14.5 Å². The average molecular weight is 598 g/mol. The Morgan fingerprint density at radius 2 is 1.51 bits per heavy atom. The molecule has 4 aromatic rings. The van der Waals surface area contributed by atoms with E-state index in [1.165, 1.54) is 28.8 Å². The monoisotopic (exact) mass is 597 g/mol. The van der Waals surface area contributed by atoms with Gasteiger partial charge in [0, 0.05) is 30.6 Å². The molecule has 0 radical (unpaired) electrons. The molecule has 214 valence electrons. The second-order valence-corrected chi connectivity index (χ2v) is 10.3. The van der Waals surface area contributed by atoms with E-state index in [1.54, 1.807) is 6.92 Å². The fourth-order valence-corrected chi connectivity index (χ4v) is 5.19. The molecule has 1 amide bonds. The first-order valence-corrected chi connectivity index (χ1v) is 12.6. The van der Waals surface area contributed by atoms with E-state index < -0.39 is 53.2 Å². The molecule has 5 nitrogen and oxygen atoms in total. The van der Waals surface area contributed by atoms with Crippen LogP contribution in [0.3, 0.4) is 0 Å². The number of amides is 1. The van der Waals surface area contributed by atoms with Gasteiger partial charge >= 0.3 is 12.4 Å². The summed E-state index contributed by atoms with van der Waals surface area (Å²) in [7, 11) is 0. The molecule has 0 aliphatic carbocycles. The fourth-order valence-electron chi connectivity index (χ4n) is 5.04. The second kappa shape index (κ2) is 10.2. The van der Waals surface area contributed by atoms with E-state index in [4.69, 9.17) is 11.6 Å². The number of hydrogen-bond donors (Lipinski definition) is 0. The Hall–Kier alpha value is -3.93. The predicted octanol–water partition coefficient (Wildman–Crippen LogP) is 7.19. The highest BCUT2D eigenvalue weighted by Crippen LogP contribution is 2.38. The maximum atomic E-state index is 14.1. The van der Waals surface area contributed by atoms with E-state index in [0.29, 0.717) is 17.7 Å². The summed E-state index contributed by atoms with van der Waals surface area (Å²) >= 11 is 6.04. The van der Waals surface area contributed by atoms with Crippen molar-refractivity contribution in [2.75, 3.05) is 6.54 Å². The minimum absolute atomic E-state index is 0.00880. The lowest BCUT2D eigenvalue weighted by molar-refractivity contribution is -0.143. The zero-order valence-corrected chi connectivity index (χ0v) is 21.8. The maximum absolute atomic E-state index is 14.1. The van der Waals surface area contributed by atoms with Crippen molar-refractivity contribution >= 4 is 28.4 Å². The van der Waals surface area contributed by atoms with Crippen LogP contribution < -0.4 is 5.56 Å². The second-order valence-electron chi connectivity index (χ2n) is 9.88. The lowest BCUT2D eigenvalue weighted by atomic mass is 9.97. The summed E-state index contributed by atoms with van der Waals surface area (Å²) in [6.07, 6.45) is -10.1. The van der Waals surface area contributed by atoms with E-state index in [0.717, 1.165) is 17.0 Å². The molecule has 0 unspecified atom stereocenters. The fraction of sp³-hybridized carbons (Fsp3) is 0.250. The maximum Gasteiger partial charge on any atom is 0.416 e. The Bertz CT molecular complexity index is 1700. The molecular weight excluding hydrogens is 579 g/mol. The first kappa shape index (κ1) is 28.6. The standard InChI is InChI=1S/C28H19ClF7N3O2/c1-14-11-38(13-15-8-17(27(31,32)33)10-18(9-15)28(34,35)36)26(41)24-22(16-2-4-19(30)5-3-16)20-6-7-21(29)37-23(20)25(40)39(24)12-14/h2-10,14H,11-13H2,1H3/t14-/m0/s1. The molecule has 0 bridgehead atoms. The van der Waals surface area contributed by atoms with Crippen LogP contribution in [0.5, 0.6) is 0 Å². The third-order valence-electron chi connectivity index (χ3n) is 6.75. The van der Waals surface area contributed by atoms with E-state index in [-0.39, 0.29) is 52.0 Å². The van der Waals surface area contributed by atoms with Crippen molar-refractivity contribution in [1.29, 1.82) is 0 Å². The highest BCUT2D eigenvalue weighted by atomic mass is 35.5. The van der Waals surface area contributed by atoms with Gasteiger partial charge in [-0.25, -0.2) is 9.37 Å². The van der Waals surface area contributed by atoms with E-state index in [9.17, 15) is 40.3 Å². The molecule has 13 heteroatoms. The van der Waals surface area contributed by atoms with Gasteiger partial charge in [0.25, 0.3) is 11.5 Å². The molecule has 0 fully saturated rings. The van der Waals surface area contributed by atoms with Crippen LogP contribution in [0.2, 0.25) is 5.15 Å². The number of carbonyl (C=O) groups is 1. The number of rotatable bonds is 3. The first-order chi connectivity index (χ1) is 19.1. The lowest BCUT2D eigenvalue weighted by Crippen LogP contribution is -2.34. The van der Waals surface area contributed by atoms with Gasteiger partial charge in [-0.3, -0.25) is 9.59 Å². The third-order valence-corrected chi connectivity index (χ3v) is 6.97. The molecule has 2 aromatic carbocycles. The molecular formula is C28H19ClF7N3O2. The summed E-state index contributed by atoms with van der Waals surface area (Å²) in [6, 6.07) is 9.09. The number of carbonyl (C=O) groups excluding carboxylic acids is 1. The smallest absolute Gasteiger partial charge is 0.333 e. The highest BCUT2D eigenvalue weighted by Gasteiger charge is 2.38. The first-order valence-electron chi connectivity index (χ1n) is 12.2. The Morgan fingerprint density at radius 1 is 0.902 bits per heavy atom. The van der Waals surface area contributed by atoms with Crippen molar-refractivity contribution < 1.29 is 35.5 Å². The van der Waals surface area contributed by atoms with Gasteiger partial charge in [0.2, 0.25) is 0 Å². The van der Waals surface area contributed by atoms with E-state index in [2.05, 4.69) is 4.98 Å². The molecule has 3 heterocycles. The number of nitrogens with zero attached hydrogens (tertiary/aromatic N) is 3. The van der Waals surface area contributed by atoms with Crippen molar-refractivity contribution in [2.24, 2.45) is 5.92 Å². The van der Waals surface area contributed by atoms with Gasteiger partial charge in [-0.2, -0.15) is 26.3 Å². The number of benzene rings is 2. The van der Waals surface area contributed by atoms with E-state index in [1.807, 2.05) is 0 Å². The molecule has 0 saturated carbocycles. The van der Waals surface area contributed by atoms with Crippen LogP contribution in [0.4, 0.5) is 30.7 Å². The van der Waals surface area contributed by atoms with E-state index >= 15 is 0 Å². The molecule has 0 N–H and O–H groups in total. The number of pyridine rings is 2. The van der Waals surface area contributed by atoms with Crippen molar-refractivity contribution in [3.8, 4) is 11.1 Å². The zero-order valence-electron chi connectivity index (χ0n) is 21.1. The van der Waals surface area contributed by atoms with Crippen LogP contribution in [0.1, 0.15) is 34.1 Å². The van der Waals surface area contributed by atoms with Gasteiger partial charge in [0.05, 0.1) is 11.1 Å². The average Bonchev–Trinajstić information content (AvgIpc) is 3.00. The number of fused-ring (bicyclic) bond motifs is 2. The summed E-state index contributed by atoms with van der Waals surface area (Å²) in [4.78, 5) is 32.9. The summed E-state index contributed by atoms with van der Waals surface area (Å²) < 4.78 is 95.8. The molecule has 0 saturated heterocycles. The molecule has 1 aliphatic heterocycles. The van der Waals surface area contributed by atoms with Gasteiger partial charge in [-0.15, -0.1) is 0 Å². The van der Waals surface area contributed by atoms with Gasteiger partial charge in [-0.05, 0) is 59.5 Å².